The molecule has 1 heterocycles. The molecule has 29 heavy (non-hydrogen) atoms. The Labute approximate surface area is 171 Å². The van der Waals surface area contributed by atoms with Crippen LogP contribution in [-0.2, 0) is 4.74 Å². The van der Waals surface area contributed by atoms with Crippen LogP contribution in [0, 0.1) is 12.7 Å². The normalized spacial score (nSPS) is 10.5. The van der Waals surface area contributed by atoms with Crippen LogP contribution in [0.2, 0.25) is 5.02 Å². The van der Waals surface area contributed by atoms with E-state index in [1.807, 2.05) is 0 Å². The summed E-state index contributed by atoms with van der Waals surface area (Å²) in [6.45, 7) is 3.62. The van der Waals surface area contributed by atoms with Crippen molar-refractivity contribution in [2.45, 2.75) is 13.8 Å². The number of halogens is 2. The molecular weight excluding hydrogens is 397 g/mol. The number of ether oxygens (including phenoxy) is 1. The van der Waals surface area contributed by atoms with Crippen molar-refractivity contribution in [1.29, 1.82) is 0 Å². The van der Waals surface area contributed by atoms with Gasteiger partial charge in [0.25, 0.3) is 5.91 Å². The first kappa shape index (κ1) is 20.4. The van der Waals surface area contributed by atoms with Gasteiger partial charge in [0.05, 0.1) is 40.8 Å². The molecule has 1 amide bonds. The molecule has 0 aliphatic rings. The number of aryl methyl sites for hydroxylation is 1. The topological polar surface area (TPSA) is 81.2 Å². The van der Waals surface area contributed by atoms with Gasteiger partial charge in [-0.15, -0.1) is 0 Å². The van der Waals surface area contributed by atoms with Gasteiger partial charge in [-0.3, -0.25) is 9.78 Å². The number of nitrogens with one attached hydrogen (secondary N) is 1. The molecule has 148 valence electrons. The van der Waals surface area contributed by atoms with Crippen LogP contribution in [0.1, 0.15) is 33.2 Å². The molecule has 0 aliphatic heterocycles. The monoisotopic (exact) mass is 413 g/mol. The maximum Gasteiger partial charge on any atom is 0.338 e. The van der Waals surface area contributed by atoms with E-state index in [0.29, 0.717) is 27.4 Å². The average Bonchev–Trinajstić information content (AvgIpc) is 2.69. The molecule has 8 heteroatoms. The molecule has 0 aliphatic carbocycles. The molecule has 0 fully saturated rings. The quantitative estimate of drug-likeness (QED) is 0.614. The SMILES string of the molecule is CCOC(=O)c1ccc(Cl)c(-c2cnc(NC(=O)c3c(C)cccc3F)cn2)c1. The van der Waals surface area contributed by atoms with E-state index in [2.05, 4.69) is 15.3 Å². The van der Waals surface area contributed by atoms with Gasteiger partial charge in [-0.1, -0.05) is 23.7 Å². The van der Waals surface area contributed by atoms with E-state index in [4.69, 9.17) is 16.3 Å². The van der Waals surface area contributed by atoms with Crippen molar-refractivity contribution in [2.24, 2.45) is 0 Å². The Kier molecular flexibility index (Phi) is 6.19. The minimum atomic E-state index is -0.620. The van der Waals surface area contributed by atoms with Gasteiger partial charge in [0.15, 0.2) is 5.82 Å². The van der Waals surface area contributed by atoms with Crippen LogP contribution in [0.4, 0.5) is 10.2 Å². The zero-order valence-corrected chi connectivity index (χ0v) is 16.5. The minimum Gasteiger partial charge on any atom is -0.462 e. The molecule has 3 aromatic rings. The summed E-state index contributed by atoms with van der Waals surface area (Å²) in [5, 5.41) is 2.90. The number of aromatic nitrogens is 2. The lowest BCUT2D eigenvalue weighted by molar-refractivity contribution is 0.0526. The summed E-state index contributed by atoms with van der Waals surface area (Å²) in [7, 11) is 0. The second-order valence-corrected chi connectivity index (χ2v) is 6.50. The molecule has 2 aromatic carbocycles. The highest BCUT2D eigenvalue weighted by Gasteiger charge is 2.16. The summed E-state index contributed by atoms with van der Waals surface area (Å²) in [4.78, 5) is 32.7. The van der Waals surface area contributed by atoms with Gasteiger partial charge in [0.1, 0.15) is 5.82 Å². The molecule has 1 aromatic heterocycles. The zero-order chi connectivity index (χ0) is 21.0. The van der Waals surface area contributed by atoms with Crippen LogP contribution in [0.5, 0.6) is 0 Å². The lowest BCUT2D eigenvalue weighted by atomic mass is 10.1. The highest BCUT2D eigenvalue weighted by Crippen LogP contribution is 2.28. The van der Waals surface area contributed by atoms with Crippen molar-refractivity contribution >= 4 is 29.3 Å². The fraction of sp³-hybridized carbons (Fsp3) is 0.143. The summed E-state index contributed by atoms with van der Waals surface area (Å²) >= 11 is 6.22. The van der Waals surface area contributed by atoms with Crippen molar-refractivity contribution in [3.63, 3.8) is 0 Å². The van der Waals surface area contributed by atoms with Gasteiger partial charge in [0, 0.05) is 5.56 Å². The number of esters is 1. The number of carbonyl (C=O) groups is 2. The van der Waals surface area contributed by atoms with Crippen LogP contribution >= 0.6 is 11.6 Å². The van der Waals surface area contributed by atoms with Crippen molar-refractivity contribution in [2.75, 3.05) is 11.9 Å². The Hall–Kier alpha value is -3.32. The molecule has 0 radical (unpaired) electrons. The standard InChI is InChI=1S/C21H17ClFN3O3/c1-3-29-21(28)13-7-8-15(22)14(9-13)17-10-25-18(11-24-17)26-20(27)19-12(2)5-4-6-16(19)23/h4-11H,3H2,1-2H3,(H,25,26,27). The van der Waals surface area contributed by atoms with Gasteiger partial charge in [-0.05, 0) is 43.7 Å². The first-order chi connectivity index (χ1) is 13.9. The van der Waals surface area contributed by atoms with E-state index in [1.54, 1.807) is 38.1 Å². The zero-order valence-electron chi connectivity index (χ0n) is 15.7. The molecule has 1 N–H and O–H groups in total. The number of benzene rings is 2. The summed E-state index contributed by atoms with van der Waals surface area (Å²) < 4.78 is 18.9. The number of amides is 1. The first-order valence-corrected chi connectivity index (χ1v) is 9.14. The van der Waals surface area contributed by atoms with Crippen LogP contribution < -0.4 is 5.32 Å². The molecule has 0 saturated carbocycles. The van der Waals surface area contributed by atoms with Crippen LogP contribution in [0.25, 0.3) is 11.3 Å². The van der Waals surface area contributed by atoms with E-state index in [1.165, 1.54) is 24.5 Å². The third kappa shape index (κ3) is 4.57. The Morgan fingerprint density at radius 3 is 2.62 bits per heavy atom. The number of nitrogens with zero attached hydrogens (tertiary/aromatic N) is 2. The number of carbonyl (C=O) groups excluding carboxylic acids is 2. The third-order valence-electron chi connectivity index (χ3n) is 4.10. The number of hydrogen-bond donors (Lipinski definition) is 1. The summed E-state index contributed by atoms with van der Waals surface area (Å²) in [6.07, 6.45) is 2.73. The average molecular weight is 414 g/mol. The second kappa shape index (κ2) is 8.79. The molecule has 0 atom stereocenters. The minimum absolute atomic E-state index is 0.0523. The summed E-state index contributed by atoms with van der Waals surface area (Å²) in [5.41, 5.74) is 1.69. The van der Waals surface area contributed by atoms with Gasteiger partial charge >= 0.3 is 5.97 Å². The van der Waals surface area contributed by atoms with Crippen molar-refractivity contribution in [3.8, 4) is 11.3 Å². The Bertz CT molecular complexity index is 1050. The third-order valence-corrected chi connectivity index (χ3v) is 4.43. The maximum atomic E-state index is 13.9. The van der Waals surface area contributed by atoms with Gasteiger partial charge in [-0.2, -0.15) is 0 Å². The van der Waals surface area contributed by atoms with Crippen molar-refractivity contribution in [1.82, 2.24) is 9.97 Å². The predicted molar refractivity (Wildman–Crippen MR) is 108 cm³/mol. The Balaban J connectivity index is 1.83. The van der Waals surface area contributed by atoms with Gasteiger partial charge in [0.2, 0.25) is 0 Å². The van der Waals surface area contributed by atoms with Crippen LogP contribution in [-0.4, -0.2) is 28.5 Å². The van der Waals surface area contributed by atoms with E-state index in [-0.39, 0.29) is 18.0 Å². The van der Waals surface area contributed by atoms with Crippen LogP contribution in [0.3, 0.4) is 0 Å². The van der Waals surface area contributed by atoms with Crippen molar-refractivity contribution in [3.05, 3.63) is 76.3 Å². The molecule has 0 spiro atoms. The molecule has 0 saturated heterocycles. The number of rotatable bonds is 5. The highest BCUT2D eigenvalue weighted by molar-refractivity contribution is 6.33. The first-order valence-electron chi connectivity index (χ1n) is 8.76. The van der Waals surface area contributed by atoms with E-state index < -0.39 is 17.7 Å². The van der Waals surface area contributed by atoms with E-state index in [9.17, 15) is 14.0 Å². The van der Waals surface area contributed by atoms with Gasteiger partial charge < -0.3 is 10.1 Å². The lowest BCUT2D eigenvalue weighted by Gasteiger charge is -2.09. The predicted octanol–water partition coefficient (Wildman–Crippen LogP) is 4.67. The summed E-state index contributed by atoms with van der Waals surface area (Å²) in [6, 6.07) is 9.08. The molecule has 6 nitrogen and oxygen atoms in total. The molecule has 3 rings (SSSR count). The largest absolute Gasteiger partial charge is 0.462 e. The smallest absolute Gasteiger partial charge is 0.338 e. The fourth-order valence-electron chi connectivity index (χ4n) is 2.69. The van der Waals surface area contributed by atoms with Gasteiger partial charge in [-0.25, -0.2) is 14.2 Å². The van der Waals surface area contributed by atoms with E-state index in [0.717, 1.165) is 0 Å². The second-order valence-electron chi connectivity index (χ2n) is 6.09. The number of hydrogen-bond acceptors (Lipinski definition) is 5. The fourth-order valence-corrected chi connectivity index (χ4v) is 2.91. The Morgan fingerprint density at radius 2 is 1.97 bits per heavy atom. The molecule has 0 bridgehead atoms. The number of anilines is 1. The van der Waals surface area contributed by atoms with E-state index >= 15 is 0 Å². The maximum absolute atomic E-state index is 13.9. The lowest BCUT2D eigenvalue weighted by Crippen LogP contribution is -2.16. The van der Waals surface area contributed by atoms with Crippen LogP contribution in [0.15, 0.2) is 48.8 Å². The van der Waals surface area contributed by atoms with Crippen molar-refractivity contribution < 1.29 is 18.7 Å². The highest BCUT2D eigenvalue weighted by atomic mass is 35.5. The molecular formula is C21H17ClFN3O3. The molecule has 0 unspecified atom stereocenters. The summed E-state index contributed by atoms with van der Waals surface area (Å²) in [5.74, 6) is -1.55. The Morgan fingerprint density at radius 1 is 1.17 bits per heavy atom.